The average Bonchev–Trinajstić information content (AvgIpc) is 3.05. The van der Waals surface area contributed by atoms with Gasteiger partial charge in [0.05, 0.1) is 6.42 Å². The second-order valence-electron chi connectivity index (χ2n) is 7.86. The van der Waals surface area contributed by atoms with E-state index in [-0.39, 0.29) is 18.1 Å². The van der Waals surface area contributed by atoms with Crippen LogP contribution >= 0.6 is 0 Å². The molecule has 1 saturated heterocycles. The fourth-order valence-electron chi connectivity index (χ4n) is 4.43. The van der Waals surface area contributed by atoms with Crippen LogP contribution in [0.1, 0.15) is 44.1 Å². The van der Waals surface area contributed by atoms with Gasteiger partial charge in [-0.15, -0.1) is 0 Å². The van der Waals surface area contributed by atoms with E-state index in [2.05, 4.69) is 20.5 Å². The molecule has 1 aliphatic carbocycles. The number of amides is 1. The Hall–Kier alpha value is -2.11. The van der Waals surface area contributed by atoms with Crippen LogP contribution in [0.4, 0.5) is 4.39 Å². The highest BCUT2D eigenvalue weighted by Crippen LogP contribution is 2.43. The minimum atomic E-state index is -0.313. The SMILES string of the molecule is CN=C(NCCNC(=O)Cc1cccc(F)c1)N1CCC2(CCCCC2)C1. The largest absolute Gasteiger partial charge is 0.354 e. The number of aliphatic imine (C=N–C) groups is 1. The zero-order valence-electron chi connectivity index (χ0n) is 16.3. The normalized spacial score (nSPS) is 19.3. The second-order valence-corrected chi connectivity index (χ2v) is 7.86. The zero-order valence-corrected chi connectivity index (χ0v) is 16.3. The van der Waals surface area contributed by atoms with E-state index < -0.39 is 0 Å². The van der Waals surface area contributed by atoms with E-state index in [1.807, 2.05) is 7.05 Å². The van der Waals surface area contributed by atoms with Crippen LogP contribution in [0.3, 0.4) is 0 Å². The monoisotopic (exact) mass is 374 g/mol. The van der Waals surface area contributed by atoms with Gasteiger partial charge in [0.1, 0.15) is 5.82 Å². The molecule has 6 heteroatoms. The molecule has 5 nitrogen and oxygen atoms in total. The smallest absolute Gasteiger partial charge is 0.224 e. The van der Waals surface area contributed by atoms with Crippen molar-refractivity contribution in [1.29, 1.82) is 0 Å². The molecule has 0 unspecified atom stereocenters. The van der Waals surface area contributed by atoms with E-state index in [1.54, 1.807) is 12.1 Å². The quantitative estimate of drug-likeness (QED) is 0.473. The minimum absolute atomic E-state index is 0.0975. The van der Waals surface area contributed by atoms with Gasteiger partial charge in [-0.05, 0) is 42.4 Å². The average molecular weight is 375 g/mol. The van der Waals surface area contributed by atoms with Gasteiger partial charge in [0.2, 0.25) is 5.91 Å². The number of rotatable bonds is 5. The standard InChI is InChI=1S/C21H31FN4O/c1-23-20(26-13-10-21(16-26)8-3-2-4-9-21)25-12-11-24-19(27)15-17-6-5-7-18(22)14-17/h5-7,14H,2-4,8-13,15-16H2,1H3,(H,23,25)(H,24,27). The Labute approximate surface area is 161 Å². The summed E-state index contributed by atoms with van der Waals surface area (Å²) in [7, 11) is 1.82. The number of halogens is 1. The Morgan fingerprint density at radius 3 is 2.70 bits per heavy atom. The molecule has 0 bridgehead atoms. The second kappa shape index (κ2) is 9.20. The third-order valence-electron chi connectivity index (χ3n) is 5.85. The molecule has 2 aliphatic rings. The highest BCUT2D eigenvalue weighted by Gasteiger charge is 2.39. The van der Waals surface area contributed by atoms with Gasteiger partial charge in [-0.3, -0.25) is 9.79 Å². The van der Waals surface area contributed by atoms with Crippen LogP contribution in [0.2, 0.25) is 0 Å². The molecule has 3 rings (SSSR count). The molecule has 1 aromatic carbocycles. The van der Waals surface area contributed by atoms with Crippen molar-refractivity contribution >= 4 is 11.9 Å². The highest BCUT2D eigenvalue weighted by molar-refractivity contribution is 5.80. The predicted octanol–water partition coefficient (Wildman–Crippen LogP) is 2.72. The number of nitrogens with zero attached hydrogens (tertiary/aromatic N) is 2. The lowest BCUT2D eigenvalue weighted by atomic mass is 9.73. The number of carbonyl (C=O) groups excluding carboxylic acids is 1. The summed E-state index contributed by atoms with van der Waals surface area (Å²) in [5, 5.41) is 6.24. The Kier molecular flexibility index (Phi) is 6.69. The van der Waals surface area contributed by atoms with Crippen molar-refractivity contribution in [3.63, 3.8) is 0 Å². The Morgan fingerprint density at radius 2 is 1.96 bits per heavy atom. The van der Waals surface area contributed by atoms with Gasteiger partial charge in [0, 0.05) is 33.2 Å². The van der Waals surface area contributed by atoms with E-state index >= 15 is 0 Å². The molecule has 1 aromatic rings. The van der Waals surface area contributed by atoms with Crippen molar-refractivity contribution in [2.45, 2.75) is 44.9 Å². The number of guanidine groups is 1. The Balaban J connectivity index is 1.38. The summed E-state index contributed by atoms with van der Waals surface area (Å²) in [4.78, 5) is 18.8. The first-order chi connectivity index (χ1) is 13.1. The molecule has 0 aromatic heterocycles. The lowest BCUT2D eigenvalue weighted by Gasteiger charge is -2.33. The van der Waals surface area contributed by atoms with Gasteiger partial charge in [-0.1, -0.05) is 31.4 Å². The predicted molar refractivity (Wildman–Crippen MR) is 106 cm³/mol. The van der Waals surface area contributed by atoms with Gasteiger partial charge in [0.25, 0.3) is 0 Å². The first kappa shape index (κ1) is 19.6. The fraction of sp³-hybridized carbons (Fsp3) is 0.619. The summed E-state index contributed by atoms with van der Waals surface area (Å²) in [6.45, 7) is 3.31. The summed E-state index contributed by atoms with van der Waals surface area (Å²) in [5.74, 6) is 0.517. The number of carbonyl (C=O) groups is 1. The molecule has 0 radical (unpaired) electrons. The van der Waals surface area contributed by atoms with Crippen molar-refractivity contribution in [3.8, 4) is 0 Å². The fourth-order valence-corrected chi connectivity index (χ4v) is 4.43. The number of hydrogen-bond donors (Lipinski definition) is 2. The van der Waals surface area contributed by atoms with Crippen LogP contribution in [0.15, 0.2) is 29.3 Å². The summed E-state index contributed by atoms with van der Waals surface area (Å²) in [6, 6.07) is 6.16. The van der Waals surface area contributed by atoms with Crippen LogP contribution < -0.4 is 10.6 Å². The van der Waals surface area contributed by atoms with E-state index in [0.717, 1.165) is 19.0 Å². The minimum Gasteiger partial charge on any atom is -0.354 e. The molecule has 1 heterocycles. The molecule has 2 fully saturated rings. The van der Waals surface area contributed by atoms with Crippen LogP contribution in [0.25, 0.3) is 0 Å². The number of benzene rings is 1. The first-order valence-corrected chi connectivity index (χ1v) is 10.1. The van der Waals surface area contributed by atoms with Crippen molar-refractivity contribution < 1.29 is 9.18 Å². The van der Waals surface area contributed by atoms with Crippen LogP contribution in [-0.4, -0.2) is 50.0 Å². The summed E-state index contributed by atoms with van der Waals surface area (Å²) < 4.78 is 13.2. The Bertz CT molecular complexity index is 670. The Morgan fingerprint density at radius 1 is 1.19 bits per heavy atom. The maximum atomic E-state index is 13.2. The van der Waals surface area contributed by atoms with Crippen LogP contribution in [0, 0.1) is 11.2 Å². The third kappa shape index (κ3) is 5.44. The molecule has 1 aliphatic heterocycles. The van der Waals surface area contributed by atoms with Crippen LogP contribution in [0.5, 0.6) is 0 Å². The van der Waals surface area contributed by atoms with E-state index in [0.29, 0.717) is 24.1 Å². The summed E-state index contributed by atoms with van der Waals surface area (Å²) in [5.41, 5.74) is 1.18. The topological polar surface area (TPSA) is 56.7 Å². The van der Waals surface area contributed by atoms with Gasteiger partial charge in [-0.25, -0.2) is 4.39 Å². The van der Waals surface area contributed by atoms with Crippen LogP contribution in [-0.2, 0) is 11.2 Å². The molecular weight excluding hydrogens is 343 g/mol. The lowest BCUT2D eigenvalue weighted by Crippen LogP contribution is -2.44. The maximum absolute atomic E-state index is 13.2. The molecule has 1 amide bonds. The van der Waals surface area contributed by atoms with Crippen molar-refractivity contribution in [2.75, 3.05) is 33.2 Å². The molecule has 0 atom stereocenters. The number of likely N-dealkylation sites (tertiary alicyclic amines) is 1. The summed E-state index contributed by atoms with van der Waals surface area (Å²) >= 11 is 0. The van der Waals surface area contributed by atoms with E-state index in [9.17, 15) is 9.18 Å². The first-order valence-electron chi connectivity index (χ1n) is 10.1. The van der Waals surface area contributed by atoms with Gasteiger partial charge >= 0.3 is 0 Å². The molecule has 2 N–H and O–H groups in total. The number of nitrogens with one attached hydrogen (secondary N) is 2. The zero-order chi connectivity index (χ0) is 19.1. The van der Waals surface area contributed by atoms with Gasteiger partial charge in [0.15, 0.2) is 5.96 Å². The third-order valence-corrected chi connectivity index (χ3v) is 5.85. The number of hydrogen-bond acceptors (Lipinski definition) is 2. The highest BCUT2D eigenvalue weighted by atomic mass is 19.1. The molecular formula is C21H31FN4O. The molecule has 1 saturated carbocycles. The maximum Gasteiger partial charge on any atom is 0.224 e. The van der Waals surface area contributed by atoms with Crippen molar-refractivity contribution in [3.05, 3.63) is 35.6 Å². The van der Waals surface area contributed by atoms with Crippen molar-refractivity contribution in [2.24, 2.45) is 10.4 Å². The van der Waals surface area contributed by atoms with Gasteiger partial charge in [-0.2, -0.15) is 0 Å². The molecule has 148 valence electrons. The lowest BCUT2D eigenvalue weighted by molar-refractivity contribution is -0.120. The van der Waals surface area contributed by atoms with E-state index in [4.69, 9.17) is 0 Å². The van der Waals surface area contributed by atoms with Gasteiger partial charge < -0.3 is 15.5 Å². The van der Waals surface area contributed by atoms with Crippen molar-refractivity contribution in [1.82, 2.24) is 15.5 Å². The molecule has 1 spiro atoms. The summed E-state index contributed by atoms with van der Waals surface area (Å²) in [6.07, 6.45) is 8.24. The van der Waals surface area contributed by atoms with E-state index in [1.165, 1.54) is 50.7 Å². The molecule has 27 heavy (non-hydrogen) atoms.